The van der Waals surface area contributed by atoms with Gasteiger partial charge in [-0.1, -0.05) is 12.8 Å². The average Bonchev–Trinajstić information content (AvgIpc) is 3.00. The van der Waals surface area contributed by atoms with Gasteiger partial charge >= 0.3 is 0 Å². The van der Waals surface area contributed by atoms with E-state index in [4.69, 9.17) is 5.73 Å². The summed E-state index contributed by atoms with van der Waals surface area (Å²) in [6.45, 7) is 0.772. The molecule has 0 saturated heterocycles. The molecule has 2 unspecified atom stereocenters. The van der Waals surface area contributed by atoms with E-state index in [1.165, 1.54) is 38.5 Å². The highest BCUT2D eigenvalue weighted by Crippen LogP contribution is 2.46. The summed E-state index contributed by atoms with van der Waals surface area (Å²) in [4.78, 5) is 0. The molecule has 0 heterocycles. The number of nitrogens with two attached hydrogens (primary N) is 1. The number of nitrogens with zero attached hydrogens (tertiary/aromatic N) is 1. The Hall–Kier alpha value is -0.120. The van der Waals surface area contributed by atoms with Crippen LogP contribution < -0.4 is 11.2 Å². The fraction of sp³-hybridized carbons (Fsp3) is 1.00. The van der Waals surface area contributed by atoms with Gasteiger partial charge in [-0.2, -0.15) is 0 Å². The lowest BCUT2D eigenvalue weighted by Crippen LogP contribution is -2.58. The van der Waals surface area contributed by atoms with Crippen LogP contribution in [0.1, 0.15) is 38.5 Å². The van der Waals surface area contributed by atoms with Crippen molar-refractivity contribution in [3.63, 3.8) is 0 Å². The predicted octanol–water partition coefficient (Wildman–Crippen LogP) is 1.35. The van der Waals surface area contributed by atoms with E-state index < -0.39 is 0 Å². The molecule has 3 nitrogen and oxygen atoms in total. The molecule has 0 aromatic heterocycles. The third-order valence-corrected chi connectivity index (χ3v) is 4.02. The van der Waals surface area contributed by atoms with E-state index in [2.05, 4.69) is 24.5 Å². The number of hydrogen-bond acceptors (Lipinski definition) is 3. The zero-order chi connectivity index (χ0) is 10.9. The van der Waals surface area contributed by atoms with Gasteiger partial charge in [-0.3, -0.25) is 5.01 Å². The Morgan fingerprint density at radius 2 is 2.00 bits per heavy atom. The maximum atomic E-state index is 5.98. The van der Waals surface area contributed by atoms with E-state index in [9.17, 15) is 0 Å². The van der Waals surface area contributed by atoms with Crippen molar-refractivity contribution in [3.8, 4) is 0 Å². The zero-order valence-corrected chi connectivity index (χ0v) is 10.1. The van der Waals surface area contributed by atoms with Crippen LogP contribution in [-0.4, -0.2) is 31.2 Å². The van der Waals surface area contributed by atoms with E-state index in [-0.39, 0.29) is 5.54 Å². The first-order valence-electron chi connectivity index (χ1n) is 6.30. The first kappa shape index (κ1) is 11.4. The van der Waals surface area contributed by atoms with Gasteiger partial charge in [-0.05, 0) is 37.5 Å². The number of nitrogens with one attached hydrogen (secondary N) is 1. The van der Waals surface area contributed by atoms with Crippen LogP contribution in [0.2, 0.25) is 0 Å². The fourth-order valence-corrected chi connectivity index (χ4v) is 3.19. The number of hydrazine groups is 1. The van der Waals surface area contributed by atoms with Crippen LogP contribution in [-0.2, 0) is 0 Å². The first-order chi connectivity index (χ1) is 7.15. The molecule has 2 rings (SSSR count). The molecule has 0 spiro atoms. The van der Waals surface area contributed by atoms with Crippen molar-refractivity contribution < 1.29 is 0 Å². The van der Waals surface area contributed by atoms with Gasteiger partial charge in [0.15, 0.2) is 0 Å². The van der Waals surface area contributed by atoms with Crippen molar-refractivity contribution in [2.75, 3.05) is 20.6 Å². The SMILES string of the molecule is CN(C)NC1(CN)CCCC(C2CC2)C1. The molecule has 2 aliphatic carbocycles. The molecule has 2 aliphatic rings. The van der Waals surface area contributed by atoms with Crippen molar-refractivity contribution in [3.05, 3.63) is 0 Å². The molecule has 0 aromatic carbocycles. The number of rotatable bonds is 4. The van der Waals surface area contributed by atoms with Gasteiger partial charge in [0.1, 0.15) is 0 Å². The Bertz CT molecular complexity index is 213. The summed E-state index contributed by atoms with van der Waals surface area (Å²) in [6.07, 6.45) is 8.23. The van der Waals surface area contributed by atoms with E-state index in [1.807, 2.05) is 0 Å². The molecule has 0 bridgehead atoms. The van der Waals surface area contributed by atoms with Crippen LogP contribution in [0.15, 0.2) is 0 Å². The van der Waals surface area contributed by atoms with Gasteiger partial charge in [0, 0.05) is 26.2 Å². The zero-order valence-electron chi connectivity index (χ0n) is 10.1. The largest absolute Gasteiger partial charge is 0.329 e. The van der Waals surface area contributed by atoms with Crippen LogP contribution in [0, 0.1) is 11.8 Å². The monoisotopic (exact) mass is 211 g/mol. The topological polar surface area (TPSA) is 41.3 Å². The summed E-state index contributed by atoms with van der Waals surface area (Å²) < 4.78 is 0. The lowest BCUT2D eigenvalue weighted by molar-refractivity contribution is 0.0910. The van der Waals surface area contributed by atoms with Crippen LogP contribution in [0.25, 0.3) is 0 Å². The van der Waals surface area contributed by atoms with Gasteiger partial charge in [0.05, 0.1) is 0 Å². The first-order valence-corrected chi connectivity index (χ1v) is 6.30. The fourth-order valence-electron chi connectivity index (χ4n) is 3.19. The molecule has 0 aromatic rings. The van der Waals surface area contributed by atoms with E-state index >= 15 is 0 Å². The summed E-state index contributed by atoms with van der Waals surface area (Å²) in [5.41, 5.74) is 9.74. The minimum atomic E-state index is 0.189. The molecule has 2 saturated carbocycles. The molecule has 2 atom stereocenters. The summed E-state index contributed by atoms with van der Waals surface area (Å²) >= 11 is 0. The van der Waals surface area contributed by atoms with Gasteiger partial charge in [0.2, 0.25) is 0 Å². The molecular weight excluding hydrogens is 186 g/mol. The summed E-state index contributed by atoms with van der Waals surface area (Å²) in [6, 6.07) is 0. The molecule has 3 heteroatoms. The van der Waals surface area contributed by atoms with Crippen molar-refractivity contribution in [1.29, 1.82) is 0 Å². The van der Waals surface area contributed by atoms with Crippen LogP contribution in [0.5, 0.6) is 0 Å². The second-order valence-corrected chi connectivity index (χ2v) is 5.68. The van der Waals surface area contributed by atoms with Gasteiger partial charge in [0.25, 0.3) is 0 Å². The number of hydrogen-bond donors (Lipinski definition) is 2. The van der Waals surface area contributed by atoms with E-state index in [0.29, 0.717) is 0 Å². The van der Waals surface area contributed by atoms with Gasteiger partial charge in [-0.15, -0.1) is 0 Å². The lowest BCUT2D eigenvalue weighted by Gasteiger charge is -2.43. The maximum Gasteiger partial charge on any atom is 0.0450 e. The second kappa shape index (κ2) is 4.40. The van der Waals surface area contributed by atoms with Crippen molar-refractivity contribution in [2.24, 2.45) is 17.6 Å². The van der Waals surface area contributed by atoms with Crippen LogP contribution >= 0.6 is 0 Å². The Morgan fingerprint density at radius 1 is 1.27 bits per heavy atom. The molecule has 88 valence electrons. The van der Waals surface area contributed by atoms with Crippen molar-refractivity contribution in [2.45, 2.75) is 44.1 Å². The van der Waals surface area contributed by atoms with Gasteiger partial charge < -0.3 is 5.73 Å². The quantitative estimate of drug-likeness (QED) is 0.690. The van der Waals surface area contributed by atoms with Crippen LogP contribution in [0.3, 0.4) is 0 Å². The van der Waals surface area contributed by atoms with Crippen molar-refractivity contribution >= 4 is 0 Å². The maximum absolute atomic E-state index is 5.98. The van der Waals surface area contributed by atoms with Crippen molar-refractivity contribution in [1.82, 2.24) is 10.4 Å². The highest BCUT2D eigenvalue weighted by atomic mass is 15.5. The van der Waals surface area contributed by atoms with Gasteiger partial charge in [-0.25, -0.2) is 5.43 Å². The Labute approximate surface area is 93.4 Å². The minimum absolute atomic E-state index is 0.189. The highest BCUT2D eigenvalue weighted by molar-refractivity contribution is 4.97. The predicted molar refractivity (Wildman–Crippen MR) is 63.3 cm³/mol. The van der Waals surface area contributed by atoms with Crippen LogP contribution in [0.4, 0.5) is 0 Å². The highest BCUT2D eigenvalue weighted by Gasteiger charge is 2.41. The third kappa shape index (κ3) is 2.71. The summed E-state index contributed by atoms with van der Waals surface area (Å²) in [7, 11) is 4.14. The minimum Gasteiger partial charge on any atom is -0.329 e. The molecule has 3 N–H and O–H groups in total. The third-order valence-electron chi connectivity index (χ3n) is 4.02. The molecule has 0 aliphatic heterocycles. The molecule has 15 heavy (non-hydrogen) atoms. The molecule has 0 amide bonds. The Balaban J connectivity index is 1.96. The molecule has 0 radical (unpaired) electrons. The van der Waals surface area contributed by atoms with E-state index in [1.54, 1.807) is 0 Å². The smallest absolute Gasteiger partial charge is 0.0450 e. The standard InChI is InChI=1S/C12H25N3/c1-15(2)14-12(9-13)7-3-4-11(8-12)10-5-6-10/h10-11,14H,3-9,13H2,1-2H3. The summed E-state index contributed by atoms with van der Waals surface area (Å²) in [5, 5.41) is 2.07. The summed E-state index contributed by atoms with van der Waals surface area (Å²) in [5.74, 6) is 1.97. The molecule has 2 fully saturated rings. The van der Waals surface area contributed by atoms with E-state index in [0.717, 1.165) is 18.4 Å². The average molecular weight is 211 g/mol. The normalized spacial score (nSPS) is 37.2. The second-order valence-electron chi connectivity index (χ2n) is 5.68. The molecular formula is C12H25N3. The Kier molecular flexibility index (Phi) is 3.33. The Morgan fingerprint density at radius 3 is 2.53 bits per heavy atom. The lowest BCUT2D eigenvalue weighted by atomic mass is 9.74.